The number of hydrogen-bond donors (Lipinski definition) is 2. The van der Waals surface area contributed by atoms with Crippen LogP contribution < -0.4 is 5.32 Å². The molecule has 0 aliphatic heterocycles. The summed E-state index contributed by atoms with van der Waals surface area (Å²) in [5.41, 5.74) is 0.559. The molecule has 0 saturated heterocycles. The first-order chi connectivity index (χ1) is 17.6. The van der Waals surface area contributed by atoms with Crippen molar-refractivity contribution in [3.8, 4) is 0 Å². The molecule has 2 N–H and O–H groups in total. The van der Waals surface area contributed by atoms with E-state index in [9.17, 15) is 9.90 Å². The lowest BCUT2D eigenvalue weighted by Crippen LogP contribution is -2.58. The highest BCUT2D eigenvalue weighted by Crippen LogP contribution is 2.68. The minimum atomic E-state index is -0.191. The molecule has 1 heterocycles. The fourth-order valence-electron chi connectivity index (χ4n) is 9.95. The maximum Gasteiger partial charge on any atom is 0.220 e. The first kappa shape index (κ1) is 27.9. The van der Waals surface area contributed by atoms with Gasteiger partial charge in [0.2, 0.25) is 5.91 Å². The molecule has 0 radical (unpaired) electrons. The lowest BCUT2D eigenvalue weighted by atomic mass is 9.43. The van der Waals surface area contributed by atoms with Gasteiger partial charge in [-0.1, -0.05) is 39.3 Å². The Morgan fingerprint density at radius 2 is 1.89 bits per heavy atom. The summed E-state index contributed by atoms with van der Waals surface area (Å²) >= 11 is 7.71. The third-order valence-corrected chi connectivity index (χ3v) is 13.3. The highest BCUT2D eigenvalue weighted by Gasteiger charge is 2.63. The second-order valence-electron chi connectivity index (χ2n) is 13.5. The summed E-state index contributed by atoms with van der Waals surface area (Å²) in [5.74, 6) is 3.24. The molecule has 11 atom stereocenters. The maximum absolute atomic E-state index is 13.2. The van der Waals surface area contributed by atoms with Crippen LogP contribution in [0.15, 0.2) is 12.1 Å². The summed E-state index contributed by atoms with van der Waals surface area (Å²) in [6.07, 6.45) is 10.9. The molecule has 6 unspecified atom stereocenters. The van der Waals surface area contributed by atoms with E-state index in [4.69, 9.17) is 16.3 Å². The largest absolute Gasteiger partial charge is 0.393 e. The zero-order valence-corrected chi connectivity index (χ0v) is 25.0. The molecular weight excluding hydrogens is 502 g/mol. The Balaban J connectivity index is 1.26. The van der Waals surface area contributed by atoms with Gasteiger partial charge in [0.1, 0.15) is 0 Å². The average molecular weight is 550 g/mol. The highest BCUT2D eigenvalue weighted by molar-refractivity contribution is 7.16. The van der Waals surface area contributed by atoms with Crippen LogP contribution in [0.3, 0.4) is 0 Å². The van der Waals surface area contributed by atoms with Crippen molar-refractivity contribution in [1.29, 1.82) is 0 Å². The quantitative estimate of drug-likeness (QED) is 0.367. The van der Waals surface area contributed by atoms with E-state index in [2.05, 4.69) is 33.0 Å². The molecule has 1 aromatic rings. The zero-order chi connectivity index (χ0) is 26.5. The van der Waals surface area contributed by atoms with Gasteiger partial charge in [0.15, 0.2) is 0 Å². The molecule has 4 aliphatic carbocycles. The second-order valence-corrected chi connectivity index (χ2v) is 15.3. The average Bonchev–Trinajstić information content (AvgIpc) is 3.45. The first-order valence-corrected chi connectivity index (χ1v) is 16.1. The van der Waals surface area contributed by atoms with E-state index in [1.165, 1.54) is 32.1 Å². The summed E-state index contributed by atoms with van der Waals surface area (Å²) in [6.45, 7) is 9.46. The fourth-order valence-corrected chi connectivity index (χ4v) is 11.1. The summed E-state index contributed by atoms with van der Waals surface area (Å²) < 4.78 is 6.52. The van der Waals surface area contributed by atoms with Gasteiger partial charge in [-0.25, -0.2) is 0 Å². The van der Waals surface area contributed by atoms with E-state index in [1.807, 2.05) is 19.2 Å². The number of nitrogens with one attached hydrogen (secondary N) is 1. The van der Waals surface area contributed by atoms with E-state index in [0.717, 1.165) is 34.9 Å². The number of thiophene rings is 1. The molecule has 4 saturated carbocycles. The molecule has 37 heavy (non-hydrogen) atoms. The molecule has 1 amide bonds. The fraction of sp³-hybridized carbons (Fsp3) is 0.839. The van der Waals surface area contributed by atoms with Crippen molar-refractivity contribution in [3.05, 3.63) is 21.3 Å². The van der Waals surface area contributed by atoms with E-state index in [0.29, 0.717) is 53.4 Å². The second kappa shape index (κ2) is 10.7. The van der Waals surface area contributed by atoms with Gasteiger partial charge in [-0.05, 0) is 116 Å². The predicted molar refractivity (Wildman–Crippen MR) is 152 cm³/mol. The van der Waals surface area contributed by atoms with Gasteiger partial charge in [-0.3, -0.25) is 4.79 Å². The van der Waals surface area contributed by atoms with Crippen LogP contribution in [-0.4, -0.2) is 30.3 Å². The van der Waals surface area contributed by atoms with Gasteiger partial charge in [-0.2, -0.15) is 0 Å². The van der Waals surface area contributed by atoms with Gasteiger partial charge >= 0.3 is 0 Å². The van der Waals surface area contributed by atoms with Gasteiger partial charge in [0, 0.05) is 18.4 Å². The number of aliphatic hydroxyl groups is 1. The molecular formula is C31H48ClNO3S. The molecule has 6 heteroatoms. The van der Waals surface area contributed by atoms with Crippen molar-refractivity contribution in [2.45, 2.75) is 110 Å². The standard InChI is InChI=1S/C31H48ClNO3S/c1-6-24(26-9-10-27(32)37-26)33-28(35)15-18(2)21-7-8-22-29-23(12-14-31(21,22)4)30(3)13-11-20(36-5)16-19(30)17-25(29)34/h9-10,18-25,29,34H,6-8,11-17H2,1-5H3,(H,33,35)/t18-,19?,20-,21?,22+,23+,24?,25-,29?,30?,31?/m1/s1. The maximum atomic E-state index is 13.2. The number of methoxy groups -OCH3 is 1. The van der Waals surface area contributed by atoms with Crippen molar-refractivity contribution < 1.29 is 14.6 Å². The van der Waals surface area contributed by atoms with Crippen molar-refractivity contribution in [3.63, 3.8) is 0 Å². The molecule has 0 aromatic carbocycles. The summed E-state index contributed by atoms with van der Waals surface area (Å²) in [6, 6.07) is 3.99. The Bertz CT molecular complexity index is 968. The van der Waals surface area contributed by atoms with Gasteiger partial charge in [-0.15, -0.1) is 11.3 Å². The molecule has 4 fully saturated rings. The van der Waals surface area contributed by atoms with Crippen molar-refractivity contribution >= 4 is 28.8 Å². The van der Waals surface area contributed by atoms with Gasteiger partial charge < -0.3 is 15.2 Å². The molecule has 0 bridgehead atoms. The Kier molecular flexibility index (Phi) is 8.11. The summed E-state index contributed by atoms with van der Waals surface area (Å²) in [5, 5.41) is 14.9. The number of hydrogen-bond acceptors (Lipinski definition) is 4. The van der Waals surface area contributed by atoms with Crippen LogP contribution in [0.25, 0.3) is 0 Å². The molecule has 0 spiro atoms. The number of rotatable bonds is 7. The van der Waals surface area contributed by atoms with E-state index in [-0.39, 0.29) is 23.5 Å². The minimum Gasteiger partial charge on any atom is -0.393 e. The monoisotopic (exact) mass is 549 g/mol. The molecule has 4 aliphatic rings. The predicted octanol–water partition coefficient (Wildman–Crippen LogP) is 7.64. The molecule has 208 valence electrons. The Morgan fingerprint density at radius 3 is 2.57 bits per heavy atom. The van der Waals surface area contributed by atoms with Crippen molar-refractivity contribution in [1.82, 2.24) is 5.32 Å². The number of halogens is 1. The molecule has 5 rings (SSSR count). The summed E-state index contributed by atoms with van der Waals surface area (Å²) in [7, 11) is 1.85. The van der Waals surface area contributed by atoms with Gasteiger partial charge in [0.05, 0.1) is 22.6 Å². The topological polar surface area (TPSA) is 58.6 Å². The van der Waals surface area contributed by atoms with Crippen LogP contribution in [-0.2, 0) is 9.53 Å². The number of amides is 1. The Labute approximate surface area is 233 Å². The lowest BCUT2D eigenvalue weighted by Gasteiger charge is -2.62. The van der Waals surface area contributed by atoms with Crippen LogP contribution in [0.4, 0.5) is 0 Å². The third-order valence-electron chi connectivity index (χ3n) is 11.9. The molecule has 4 nitrogen and oxygen atoms in total. The van der Waals surface area contributed by atoms with Crippen LogP contribution in [0, 0.1) is 46.3 Å². The minimum absolute atomic E-state index is 0.0406. The van der Waals surface area contributed by atoms with E-state index >= 15 is 0 Å². The SMILES string of the molecule is CCC(NC(=O)C[C@@H](C)C1CC[C@H]2C3[C@H](O)CC4C[C@H](OC)CCC4(C)[C@H]3CCC12C)c1ccc(Cl)s1. The number of fused-ring (bicyclic) bond motifs is 5. The van der Waals surface area contributed by atoms with Crippen molar-refractivity contribution in [2.24, 2.45) is 46.3 Å². The Hall–Kier alpha value is -0.620. The molecule has 1 aromatic heterocycles. The lowest BCUT2D eigenvalue weighted by molar-refractivity contribution is -0.176. The Morgan fingerprint density at radius 1 is 1.16 bits per heavy atom. The van der Waals surface area contributed by atoms with Crippen molar-refractivity contribution in [2.75, 3.05) is 7.11 Å². The first-order valence-electron chi connectivity index (χ1n) is 14.9. The number of aliphatic hydroxyl groups excluding tert-OH is 1. The van der Waals surface area contributed by atoms with E-state index < -0.39 is 0 Å². The van der Waals surface area contributed by atoms with Crippen LogP contribution in [0.5, 0.6) is 0 Å². The number of carbonyl (C=O) groups is 1. The van der Waals surface area contributed by atoms with Crippen LogP contribution >= 0.6 is 22.9 Å². The summed E-state index contributed by atoms with van der Waals surface area (Å²) in [4.78, 5) is 14.3. The zero-order valence-electron chi connectivity index (χ0n) is 23.5. The van der Waals surface area contributed by atoms with E-state index in [1.54, 1.807) is 11.3 Å². The normalized spacial score (nSPS) is 42.8. The number of carbonyl (C=O) groups excluding carboxylic acids is 1. The third kappa shape index (κ3) is 4.93. The smallest absolute Gasteiger partial charge is 0.220 e. The van der Waals surface area contributed by atoms with Crippen LogP contribution in [0.2, 0.25) is 4.34 Å². The highest BCUT2D eigenvalue weighted by atomic mass is 35.5. The van der Waals surface area contributed by atoms with Gasteiger partial charge in [0.25, 0.3) is 0 Å². The van der Waals surface area contributed by atoms with Crippen LogP contribution in [0.1, 0.15) is 103 Å². The number of ether oxygens (including phenoxy) is 1.